The topological polar surface area (TPSA) is 29.5 Å². The van der Waals surface area contributed by atoms with Crippen molar-refractivity contribution >= 4 is 11.6 Å². The summed E-state index contributed by atoms with van der Waals surface area (Å²) in [7, 11) is 0. The Morgan fingerprint density at radius 2 is 1.15 bits per heavy atom. The summed E-state index contributed by atoms with van der Waals surface area (Å²) in [5, 5.41) is 2.59. The van der Waals surface area contributed by atoms with E-state index < -0.39 is 66.7 Å². The molecule has 156 valence electrons. The highest BCUT2D eigenvalue weighted by molar-refractivity contribution is 6.22. The molecule has 1 saturated heterocycles. The highest BCUT2D eigenvalue weighted by Gasteiger charge is 2.90. The van der Waals surface area contributed by atoms with Gasteiger partial charge >= 0.3 is 35.0 Å². The Balaban J connectivity index is 3.43. The second-order valence-corrected chi connectivity index (χ2v) is 5.90. The largest absolute Gasteiger partial charge is 0.393 e. The van der Waals surface area contributed by atoms with Gasteiger partial charge in [0, 0.05) is 6.61 Å². The molecule has 0 aromatic carbocycles. The van der Waals surface area contributed by atoms with Gasteiger partial charge in [0.2, 0.25) is 0 Å². The zero-order chi connectivity index (χ0) is 21.0. The van der Waals surface area contributed by atoms with Crippen LogP contribution in [0, 0.1) is 5.92 Å². The number of rotatable bonds is 6. The molecule has 0 saturated carbocycles. The maximum absolute atomic E-state index is 13.8. The molecule has 1 fully saturated rings. The molecule has 0 aliphatic carbocycles. The number of aliphatic hydroxyl groups is 1. The zero-order valence-corrected chi connectivity index (χ0v) is 12.8. The van der Waals surface area contributed by atoms with Crippen LogP contribution in [-0.2, 0) is 4.74 Å². The molecule has 0 radical (unpaired) electrons. The van der Waals surface area contributed by atoms with Gasteiger partial charge < -0.3 is 9.84 Å². The molecule has 0 spiro atoms. The molecule has 2 unspecified atom stereocenters. The van der Waals surface area contributed by atoms with E-state index in [1.165, 1.54) is 0 Å². The third kappa shape index (κ3) is 3.11. The molecule has 1 aliphatic heterocycles. The SMILES string of the molecule is OC1OCCCC1C(F)(F)C(F)(F)C(F)(F)C(F)(F)C(F)(F)C(F)(F)Cl. The first-order valence-electron chi connectivity index (χ1n) is 6.52. The van der Waals surface area contributed by atoms with Gasteiger partial charge in [-0.1, -0.05) is 0 Å². The van der Waals surface area contributed by atoms with Crippen molar-refractivity contribution in [2.75, 3.05) is 6.61 Å². The summed E-state index contributed by atoms with van der Waals surface area (Å²) >= 11 is 3.56. The summed E-state index contributed by atoms with van der Waals surface area (Å²) in [6, 6.07) is 0. The molecule has 15 heteroatoms. The van der Waals surface area contributed by atoms with Crippen LogP contribution in [0.25, 0.3) is 0 Å². The monoisotopic (exact) mass is 436 g/mol. The molecular weight excluding hydrogens is 428 g/mol. The van der Waals surface area contributed by atoms with Gasteiger partial charge in [0.1, 0.15) is 0 Å². The second-order valence-electron chi connectivity index (χ2n) is 5.43. The number of aliphatic hydroxyl groups excluding tert-OH is 1. The third-order valence-corrected chi connectivity index (χ3v) is 3.95. The molecule has 0 aromatic heterocycles. The fourth-order valence-corrected chi connectivity index (χ4v) is 2.26. The lowest BCUT2D eigenvalue weighted by atomic mass is 9.84. The van der Waals surface area contributed by atoms with E-state index in [0.29, 0.717) is 0 Å². The average Bonchev–Trinajstić information content (AvgIpc) is 2.45. The van der Waals surface area contributed by atoms with E-state index in [0.717, 1.165) is 0 Å². The van der Waals surface area contributed by atoms with Gasteiger partial charge in [-0.25, -0.2) is 0 Å². The molecule has 2 nitrogen and oxygen atoms in total. The third-order valence-electron chi connectivity index (χ3n) is 3.72. The Bertz CT molecular complexity index is 518. The zero-order valence-electron chi connectivity index (χ0n) is 12.0. The Labute approximate surface area is 142 Å². The maximum atomic E-state index is 13.8. The summed E-state index contributed by atoms with van der Waals surface area (Å²) in [4.78, 5) is 0. The molecule has 0 bridgehead atoms. The van der Waals surface area contributed by atoms with Crippen LogP contribution < -0.4 is 0 Å². The minimum absolute atomic E-state index is 0.470. The van der Waals surface area contributed by atoms with E-state index >= 15 is 0 Å². The summed E-state index contributed by atoms with van der Waals surface area (Å²) in [6.07, 6.45) is -4.44. The van der Waals surface area contributed by atoms with Crippen LogP contribution in [0.2, 0.25) is 0 Å². The Morgan fingerprint density at radius 3 is 1.54 bits per heavy atom. The first kappa shape index (κ1) is 23.4. The summed E-state index contributed by atoms with van der Waals surface area (Å²) in [6.45, 7) is -0.470. The lowest BCUT2D eigenvalue weighted by Gasteiger charge is -2.43. The van der Waals surface area contributed by atoms with Crippen molar-refractivity contribution in [2.24, 2.45) is 5.92 Å². The van der Waals surface area contributed by atoms with Crippen molar-refractivity contribution in [1.29, 1.82) is 0 Å². The van der Waals surface area contributed by atoms with Crippen LogP contribution in [0.5, 0.6) is 0 Å². The number of hydrogen-bond acceptors (Lipinski definition) is 2. The van der Waals surface area contributed by atoms with Crippen LogP contribution in [0.4, 0.5) is 52.7 Å². The fourth-order valence-electron chi connectivity index (χ4n) is 2.14. The number of halogens is 13. The highest BCUT2D eigenvalue weighted by atomic mass is 35.5. The predicted molar refractivity (Wildman–Crippen MR) is 60.2 cm³/mol. The first-order valence-corrected chi connectivity index (χ1v) is 6.90. The number of hydrogen-bond donors (Lipinski definition) is 1. The maximum Gasteiger partial charge on any atom is 0.393 e. The lowest BCUT2D eigenvalue weighted by Crippen LogP contribution is -2.71. The minimum Gasteiger partial charge on any atom is -0.367 e. The van der Waals surface area contributed by atoms with Crippen molar-refractivity contribution in [1.82, 2.24) is 0 Å². The summed E-state index contributed by atoms with van der Waals surface area (Å²) < 4.78 is 162. The molecule has 0 aromatic rings. The van der Waals surface area contributed by atoms with E-state index in [9.17, 15) is 52.7 Å². The van der Waals surface area contributed by atoms with Crippen molar-refractivity contribution < 1.29 is 62.5 Å². The number of alkyl halides is 13. The molecule has 0 amide bonds. The summed E-state index contributed by atoms with van der Waals surface area (Å²) in [5.74, 6) is -39.4. The van der Waals surface area contributed by atoms with Crippen LogP contribution in [0.3, 0.4) is 0 Å². The van der Waals surface area contributed by atoms with E-state index in [4.69, 9.17) is 5.11 Å². The Morgan fingerprint density at radius 1 is 0.731 bits per heavy atom. The second kappa shape index (κ2) is 6.47. The van der Waals surface area contributed by atoms with Gasteiger partial charge in [0.15, 0.2) is 6.29 Å². The van der Waals surface area contributed by atoms with Crippen LogP contribution in [0.1, 0.15) is 12.8 Å². The smallest absolute Gasteiger partial charge is 0.367 e. The van der Waals surface area contributed by atoms with Gasteiger partial charge in [0.05, 0.1) is 5.92 Å². The summed E-state index contributed by atoms with van der Waals surface area (Å²) in [5.41, 5.74) is 0. The van der Waals surface area contributed by atoms with Crippen LogP contribution in [-0.4, -0.2) is 53.0 Å². The minimum atomic E-state index is -7.70. The van der Waals surface area contributed by atoms with Gasteiger partial charge in [-0.05, 0) is 24.4 Å². The van der Waals surface area contributed by atoms with Gasteiger partial charge in [-0.2, -0.15) is 52.7 Å². The van der Waals surface area contributed by atoms with E-state index in [-0.39, 0.29) is 0 Å². The fraction of sp³-hybridized carbons (Fsp3) is 1.00. The van der Waals surface area contributed by atoms with Crippen molar-refractivity contribution in [3.63, 3.8) is 0 Å². The molecule has 1 aliphatic rings. The molecule has 1 heterocycles. The predicted octanol–water partition coefficient (Wildman–Crippen LogP) is 4.74. The van der Waals surface area contributed by atoms with Crippen LogP contribution >= 0.6 is 11.6 Å². The first-order chi connectivity index (χ1) is 11.3. The average molecular weight is 437 g/mol. The molecular formula is C11H9ClF12O2. The molecule has 1 rings (SSSR count). The Hall–Kier alpha value is -0.630. The van der Waals surface area contributed by atoms with Gasteiger partial charge in [-0.3, -0.25) is 0 Å². The van der Waals surface area contributed by atoms with Crippen molar-refractivity contribution in [2.45, 2.75) is 54.1 Å². The van der Waals surface area contributed by atoms with Gasteiger partial charge in [-0.15, -0.1) is 0 Å². The molecule has 2 atom stereocenters. The normalized spacial score (nSPS) is 24.7. The lowest BCUT2D eigenvalue weighted by molar-refractivity contribution is -0.428. The standard InChI is InChI=1S/C11H9ClF12O2/c12-11(23,24)10(21,22)9(19,20)8(17,18)7(15,16)6(13,14)4-2-1-3-26-5(4)25/h4-5,25H,1-3H2. The van der Waals surface area contributed by atoms with E-state index in [2.05, 4.69) is 16.3 Å². The quantitative estimate of drug-likeness (QED) is 0.481. The molecule has 26 heavy (non-hydrogen) atoms. The van der Waals surface area contributed by atoms with E-state index in [1.54, 1.807) is 0 Å². The highest BCUT2D eigenvalue weighted by Crippen LogP contribution is 2.62. The van der Waals surface area contributed by atoms with Crippen molar-refractivity contribution in [3.05, 3.63) is 0 Å². The number of ether oxygens (including phenoxy) is 1. The molecule has 1 N–H and O–H groups in total. The van der Waals surface area contributed by atoms with E-state index in [1.807, 2.05) is 0 Å². The van der Waals surface area contributed by atoms with Gasteiger partial charge in [0.25, 0.3) is 0 Å². The van der Waals surface area contributed by atoms with Crippen molar-refractivity contribution in [3.8, 4) is 0 Å². The Kier molecular flexibility index (Phi) is 5.82. The van der Waals surface area contributed by atoms with Crippen LogP contribution in [0.15, 0.2) is 0 Å².